The molecule has 1 unspecified atom stereocenters. The van der Waals surface area contributed by atoms with Crippen LogP contribution in [0.5, 0.6) is 0 Å². The van der Waals surface area contributed by atoms with Gasteiger partial charge in [0.15, 0.2) is 0 Å². The normalized spacial score (nSPS) is 14.4. The summed E-state index contributed by atoms with van der Waals surface area (Å²) in [5.74, 6) is 0. The Hall–Kier alpha value is -0.0900. The maximum Gasteiger partial charge on any atom is 0.0688 e. The Kier molecular flexibility index (Phi) is 3.95. The molecule has 0 aliphatic rings. The molecule has 0 aliphatic carbocycles. The first-order chi connectivity index (χ1) is 6.42. The second-order valence-electron chi connectivity index (χ2n) is 3.98. The van der Waals surface area contributed by atoms with E-state index in [0.29, 0.717) is 0 Å². The summed E-state index contributed by atoms with van der Waals surface area (Å²) in [5, 5.41) is 15.5. The van der Waals surface area contributed by atoms with Crippen molar-refractivity contribution in [3.05, 3.63) is 21.3 Å². The van der Waals surface area contributed by atoms with Gasteiger partial charge in [0, 0.05) is 22.3 Å². The van der Waals surface area contributed by atoms with Crippen LogP contribution in [-0.2, 0) is 6.54 Å². The van der Waals surface area contributed by atoms with Crippen LogP contribution in [0.25, 0.3) is 0 Å². The fraction of sp³-hybridized carbons (Fsp3) is 0.600. The second-order valence-corrected chi connectivity index (χ2v) is 5.41. The largest absolute Gasteiger partial charge is 0.392 e. The number of aliphatic hydroxyl groups excluding tert-OH is 1. The lowest BCUT2D eigenvalue weighted by Crippen LogP contribution is -2.47. The summed E-state index contributed by atoms with van der Waals surface area (Å²) in [6.07, 6.45) is -0.377. The molecule has 0 aliphatic heterocycles. The van der Waals surface area contributed by atoms with E-state index in [1.807, 2.05) is 25.3 Å². The van der Waals surface area contributed by atoms with Crippen molar-refractivity contribution in [2.45, 2.75) is 39.0 Å². The van der Waals surface area contributed by atoms with E-state index in [2.05, 4.69) is 5.32 Å². The third-order valence-corrected chi connectivity index (χ3v) is 3.67. The highest BCUT2D eigenvalue weighted by atomic mass is 35.5. The zero-order chi connectivity index (χ0) is 10.8. The molecule has 2 nitrogen and oxygen atoms in total. The van der Waals surface area contributed by atoms with Gasteiger partial charge in [-0.25, -0.2) is 0 Å². The van der Waals surface area contributed by atoms with Gasteiger partial charge in [0.25, 0.3) is 0 Å². The first-order valence-corrected chi connectivity index (χ1v) is 5.83. The third-order valence-electron chi connectivity index (χ3n) is 2.38. The molecule has 1 rings (SSSR count). The minimum atomic E-state index is -0.377. The van der Waals surface area contributed by atoms with Crippen molar-refractivity contribution < 1.29 is 5.11 Å². The Morgan fingerprint density at radius 3 is 2.71 bits per heavy atom. The Bertz CT molecular complexity index is 296. The van der Waals surface area contributed by atoms with Crippen LogP contribution in [0.15, 0.2) is 11.4 Å². The van der Waals surface area contributed by atoms with Gasteiger partial charge in [-0.05, 0) is 26.8 Å². The Balaban J connectivity index is 2.48. The second kappa shape index (κ2) is 4.62. The van der Waals surface area contributed by atoms with Crippen LogP contribution in [0.4, 0.5) is 0 Å². The summed E-state index contributed by atoms with van der Waals surface area (Å²) in [4.78, 5) is 1.18. The molecule has 0 amide bonds. The van der Waals surface area contributed by atoms with Crippen molar-refractivity contribution in [3.63, 3.8) is 0 Å². The lowest BCUT2D eigenvalue weighted by molar-refractivity contribution is 0.0958. The van der Waals surface area contributed by atoms with Crippen LogP contribution in [0.2, 0.25) is 5.02 Å². The van der Waals surface area contributed by atoms with E-state index in [0.717, 1.165) is 11.6 Å². The number of hydrogen-bond donors (Lipinski definition) is 2. The van der Waals surface area contributed by atoms with Crippen molar-refractivity contribution >= 4 is 22.9 Å². The van der Waals surface area contributed by atoms with Gasteiger partial charge in [0.05, 0.1) is 11.1 Å². The predicted octanol–water partition coefficient (Wildman–Crippen LogP) is 2.65. The van der Waals surface area contributed by atoms with Crippen molar-refractivity contribution in [2.24, 2.45) is 0 Å². The SMILES string of the molecule is CC(O)C(C)(C)NCc1cc(Cl)cs1. The number of rotatable bonds is 4. The van der Waals surface area contributed by atoms with E-state index in [-0.39, 0.29) is 11.6 Å². The van der Waals surface area contributed by atoms with E-state index >= 15 is 0 Å². The van der Waals surface area contributed by atoms with E-state index < -0.39 is 0 Å². The standard InChI is InChI=1S/C10H16ClNOS/c1-7(13)10(2,3)12-5-9-4-8(11)6-14-9/h4,6-7,12-13H,5H2,1-3H3. The van der Waals surface area contributed by atoms with Crippen LogP contribution >= 0.6 is 22.9 Å². The number of nitrogens with one attached hydrogen (secondary N) is 1. The van der Waals surface area contributed by atoms with Crippen LogP contribution in [0.1, 0.15) is 25.6 Å². The van der Waals surface area contributed by atoms with Gasteiger partial charge < -0.3 is 10.4 Å². The third kappa shape index (κ3) is 3.24. The van der Waals surface area contributed by atoms with E-state index in [9.17, 15) is 5.11 Å². The van der Waals surface area contributed by atoms with Gasteiger partial charge in [-0.2, -0.15) is 0 Å². The summed E-state index contributed by atoms with van der Waals surface area (Å²) in [6.45, 7) is 6.49. The highest BCUT2D eigenvalue weighted by Crippen LogP contribution is 2.20. The lowest BCUT2D eigenvalue weighted by Gasteiger charge is -2.29. The Morgan fingerprint density at radius 2 is 2.29 bits per heavy atom. The highest BCUT2D eigenvalue weighted by Gasteiger charge is 2.22. The summed E-state index contributed by atoms with van der Waals surface area (Å²) in [6, 6.07) is 1.94. The van der Waals surface area contributed by atoms with Crippen LogP contribution in [0, 0.1) is 0 Å². The maximum absolute atomic E-state index is 9.48. The predicted molar refractivity (Wildman–Crippen MR) is 61.9 cm³/mol. The van der Waals surface area contributed by atoms with Crippen molar-refractivity contribution in [3.8, 4) is 0 Å². The number of hydrogen-bond acceptors (Lipinski definition) is 3. The Labute approximate surface area is 93.9 Å². The summed E-state index contributed by atoms with van der Waals surface area (Å²) in [5.41, 5.74) is -0.267. The minimum Gasteiger partial charge on any atom is -0.392 e. The first kappa shape index (κ1) is 12.0. The van der Waals surface area contributed by atoms with Gasteiger partial charge in [0.2, 0.25) is 0 Å². The molecule has 0 bridgehead atoms. The molecular formula is C10H16ClNOS. The molecule has 1 aromatic rings. The quantitative estimate of drug-likeness (QED) is 0.838. The fourth-order valence-corrected chi connectivity index (χ4v) is 1.92. The van der Waals surface area contributed by atoms with Gasteiger partial charge in [-0.3, -0.25) is 0 Å². The van der Waals surface area contributed by atoms with E-state index in [1.165, 1.54) is 4.88 Å². The number of aliphatic hydroxyl groups is 1. The summed E-state index contributed by atoms with van der Waals surface area (Å²) < 4.78 is 0. The van der Waals surface area contributed by atoms with Gasteiger partial charge in [-0.1, -0.05) is 11.6 Å². The zero-order valence-corrected chi connectivity index (χ0v) is 10.2. The van der Waals surface area contributed by atoms with Crippen LogP contribution < -0.4 is 5.32 Å². The smallest absolute Gasteiger partial charge is 0.0688 e. The molecule has 0 fully saturated rings. The fourth-order valence-electron chi connectivity index (χ4n) is 0.909. The molecule has 0 radical (unpaired) electrons. The number of halogens is 1. The average molecular weight is 234 g/mol. The summed E-state index contributed by atoms with van der Waals surface area (Å²) >= 11 is 7.43. The topological polar surface area (TPSA) is 32.3 Å². The molecule has 80 valence electrons. The molecule has 0 saturated heterocycles. The van der Waals surface area contributed by atoms with E-state index in [4.69, 9.17) is 11.6 Å². The maximum atomic E-state index is 9.48. The molecule has 0 aromatic carbocycles. The van der Waals surface area contributed by atoms with Gasteiger partial charge >= 0.3 is 0 Å². The molecule has 0 spiro atoms. The van der Waals surface area contributed by atoms with Crippen molar-refractivity contribution in [2.75, 3.05) is 0 Å². The molecule has 14 heavy (non-hydrogen) atoms. The average Bonchev–Trinajstić information content (AvgIpc) is 2.48. The van der Waals surface area contributed by atoms with Crippen molar-refractivity contribution in [1.29, 1.82) is 0 Å². The molecule has 0 saturated carbocycles. The Morgan fingerprint density at radius 1 is 1.64 bits per heavy atom. The molecule has 4 heteroatoms. The molecule has 2 N–H and O–H groups in total. The monoisotopic (exact) mass is 233 g/mol. The molecule has 1 heterocycles. The van der Waals surface area contributed by atoms with Gasteiger partial charge in [-0.15, -0.1) is 11.3 Å². The first-order valence-electron chi connectivity index (χ1n) is 4.58. The molecular weight excluding hydrogens is 218 g/mol. The van der Waals surface area contributed by atoms with Crippen molar-refractivity contribution in [1.82, 2.24) is 5.32 Å². The molecule has 1 atom stereocenters. The van der Waals surface area contributed by atoms with E-state index in [1.54, 1.807) is 18.3 Å². The molecule has 1 aromatic heterocycles. The zero-order valence-electron chi connectivity index (χ0n) is 8.67. The lowest BCUT2D eigenvalue weighted by atomic mass is 9.99. The van der Waals surface area contributed by atoms with Crippen LogP contribution in [-0.4, -0.2) is 16.7 Å². The van der Waals surface area contributed by atoms with Gasteiger partial charge in [0.1, 0.15) is 0 Å². The minimum absolute atomic E-state index is 0.267. The number of thiophene rings is 1. The summed E-state index contributed by atoms with van der Waals surface area (Å²) in [7, 11) is 0. The highest BCUT2D eigenvalue weighted by molar-refractivity contribution is 7.10. The van der Waals surface area contributed by atoms with Crippen LogP contribution in [0.3, 0.4) is 0 Å².